The van der Waals surface area contributed by atoms with Gasteiger partial charge in [-0.15, -0.1) is 0 Å². The number of carbonyl (C=O) groups is 1. The van der Waals surface area contributed by atoms with Crippen molar-refractivity contribution in [1.82, 2.24) is 10.3 Å². The molecule has 0 saturated carbocycles. The lowest BCUT2D eigenvalue weighted by Gasteiger charge is -2.19. The summed E-state index contributed by atoms with van der Waals surface area (Å²) in [5.74, 6) is -1.53. The number of phosphoric ester groups is 1. The van der Waals surface area contributed by atoms with Gasteiger partial charge in [0.1, 0.15) is 11.8 Å². The zero-order valence-electron chi connectivity index (χ0n) is 12.5. The number of aromatic nitrogens is 1. The Morgan fingerprint density at radius 3 is 2.57 bits per heavy atom. The molecule has 0 aliphatic rings. The number of nitrogens with zero attached hydrogens (tertiary/aromatic N) is 1. The molecule has 2 unspecified atom stereocenters. The summed E-state index contributed by atoms with van der Waals surface area (Å²) >= 11 is 0. The number of aliphatic hydroxyl groups excluding tert-OH is 1. The summed E-state index contributed by atoms with van der Waals surface area (Å²) in [5, 5.41) is 31.0. The number of aliphatic carboxylic acids is 1. The van der Waals surface area contributed by atoms with Gasteiger partial charge in [0.05, 0.1) is 18.4 Å². The Hall–Kier alpha value is -1.55. The summed E-state index contributed by atoms with van der Waals surface area (Å²) in [4.78, 5) is 32.4. The number of pyridine rings is 1. The maximum atomic E-state index is 11.0. The van der Waals surface area contributed by atoms with Gasteiger partial charge in [0.25, 0.3) is 0 Å². The molecule has 0 spiro atoms. The first kappa shape index (κ1) is 19.5. The smallest absolute Gasteiger partial charge is 0.469 e. The maximum absolute atomic E-state index is 11.0. The van der Waals surface area contributed by atoms with Gasteiger partial charge in [-0.25, -0.2) is 4.57 Å². The minimum atomic E-state index is -4.71. The molecule has 0 saturated heterocycles. The van der Waals surface area contributed by atoms with Crippen LogP contribution in [0.1, 0.15) is 23.7 Å². The van der Waals surface area contributed by atoms with Crippen LogP contribution in [0.25, 0.3) is 0 Å². The van der Waals surface area contributed by atoms with E-state index >= 15 is 0 Å². The Bertz CT molecular complexity index is 615. The van der Waals surface area contributed by atoms with E-state index in [1.54, 1.807) is 0 Å². The average molecular weight is 350 g/mol. The van der Waals surface area contributed by atoms with E-state index in [0.717, 1.165) is 0 Å². The number of rotatable bonds is 8. The monoisotopic (exact) mass is 350 g/mol. The summed E-state index contributed by atoms with van der Waals surface area (Å²) in [6.07, 6.45) is 0.0762. The largest absolute Gasteiger partial charge is 0.506 e. The van der Waals surface area contributed by atoms with Crippen molar-refractivity contribution >= 4 is 13.8 Å². The van der Waals surface area contributed by atoms with Gasteiger partial charge in [0.15, 0.2) is 0 Å². The molecule has 1 rings (SSSR count). The van der Waals surface area contributed by atoms with E-state index in [1.807, 2.05) is 0 Å². The van der Waals surface area contributed by atoms with Crippen molar-refractivity contribution in [3.05, 3.63) is 23.0 Å². The number of aryl methyl sites for hydroxylation is 1. The van der Waals surface area contributed by atoms with Crippen molar-refractivity contribution in [3.8, 4) is 5.75 Å². The number of nitrogens with one attached hydrogen (secondary N) is 1. The van der Waals surface area contributed by atoms with E-state index < -0.39 is 32.5 Å². The number of phosphoric acid groups is 1. The van der Waals surface area contributed by atoms with E-state index in [0.29, 0.717) is 0 Å². The van der Waals surface area contributed by atoms with Crippen LogP contribution in [-0.2, 0) is 27.0 Å². The van der Waals surface area contributed by atoms with Crippen LogP contribution in [0.5, 0.6) is 5.75 Å². The van der Waals surface area contributed by atoms with Gasteiger partial charge in [-0.3, -0.25) is 19.6 Å². The molecule has 0 amide bonds. The minimum Gasteiger partial charge on any atom is -0.506 e. The zero-order chi connectivity index (χ0) is 17.8. The first-order chi connectivity index (χ1) is 10.5. The Labute approximate surface area is 132 Å². The van der Waals surface area contributed by atoms with Gasteiger partial charge < -0.3 is 25.1 Å². The van der Waals surface area contributed by atoms with Crippen LogP contribution in [0.15, 0.2) is 6.20 Å². The second-order valence-corrected chi connectivity index (χ2v) is 6.14. The average Bonchev–Trinajstić information content (AvgIpc) is 2.40. The zero-order valence-corrected chi connectivity index (χ0v) is 13.4. The van der Waals surface area contributed by atoms with Gasteiger partial charge in [-0.05, 0) is 13.8 Å². The molecule has 1 heterocycles. The number of carboxylic acid groups (broad SMARTS) is 1. The molecule has 0 aliphatic heterocycles. The topological polar surface area (TPSA) is 169 Å². The molecule has 0 fully saturated rings. The lowest BCUT2D eigenvalue weighted by Crippen LogP contribution is -2.44. The van der Waals surface area contributed by atoms with Gasteiger partial charge in [-0.1, -0.05) is 0 Å². The van der Waals surface area contributed by atoms with Crippen molar-refractivity contribution in [2.45, 2.75) is 39.1 Å². The quantitative estimate of drug-likeness (QED) is 0.340. The number of aliphatic hydroxyl groups is 1. The first-order valence-corrected chi connectivity index (χ1v) is 8.06. The van der Waals surface area contributed by atoms with E-state index in [2.05, 4.69) is 14.8 Å². The lowest BCUT2D eigenvalue weighted by molar-refractivity contribution is -0.142. The standard InChI is InChI=1S/C12H19N2O8P/c1-6-11(16)9(4-14-10(7(2)15)12(17)18)8(3-13-6)5-22-23(19,20)21/h3,7,10,14-16H,4-5H2,1-2H3,(H,17,18)(H2,19,20,21). The number of hydrogen-bond acceptors (Lipinski definition) is 7. The van der Waals surface area contributed by atoms with Crippen molar-refractivity contribution in [2.24, 2.45) is 0 Å². The van der Waals surface area contributed by atoms with Crippen molar-refractivity contribution < 1.29 is 39.0 Å². The molecule has 11 heteroatoms. The van der Waals surface area contributed by atoms with Crippen LogP contribution in [0.4, 0.5) is 0 Å². The van der Waals surface area contributed by atoms with Crippen LogP contribution in [0.2, 0.25) is 0 Å². The van der Waals surface area contributed by atoms with Crippen LogP contribution < -0.4 is 5.32 Å². The number of aromatic hydroxyl groups is 1. The number of carboxylic acids is 1. The van der Waals surface area contributed by atoms with E-state index in [9.17, 15) is 19.6 Å². The van der Waals surface area contributed by atoms with Crippen molar-refractivity contribution in [2.75, 3.05) is 0 Å². The third-order valence-electron chi connectivity index (χ3n) is 3.07. The molecular formula is C12H19N2O8P. The van der Waals surface area contributed by atoms with Crippen LogP contribution in [-0.4, -0.2) is 48.2 Å². The maximum Gasteiger partial charge on any atom is 0.469 e. The fraction of sp³-hybridized carbons (Fsp3) is 0.500. The molecule has 23 heavy (non-hydrogen) atoms. The fourth-order valence-corrected chi connectivity index (χ4v) is 2.14. The summed E-state index contributed by atoms with van der Waals surface area (Å²) in [7, 11) is -4.71. The molecule has 130 valence electrons. The van der Waals surface area contributed by atoms with E-state index in [1.165, 1.54) is 20.0 Å². The normalized spacial score (nSPS) is 14.5. The molecule has 0 aliphatic carbocycles. The summed E-state index contributed by atoms with van der Waals surface area (Å²) in [6.45, 7) is 2.11. The Kier molecular flexibility index (Phi) is 6.63. The van der Waals surface area contributed by atoms with Crippen LogP contribution >= 0.6 is 7.82 Å². The molecule has 1 aromatic heterocycles. The molecule has 0 bridgehead atoms. The predicted molar refractivity (Wildman–Crippen MR) is 77.4 cm³/mol. The Morgan fingerprint density at radius 2 is 2.09 bits per heavy atom. The fourth-order valence-electron chi connectivity index (χ4n) is 1.84. The third kappa shape index (κ3) is 5.87. The highest BCUT2D eigenvalue weighted by atomic mass is 31.2. The highest BCUT2D eigenvalue weighted by molar-refractivity contribution is 7.46. The van der Waals surface area contributed by atoms with E-state index in [-0.39, 0.29) is 29.1 Å². The highest BCUT2D eigenvalue weighted by Gasteiger charge is 2.24. The third-order valence-corrected chi connectivity index (χ3v) is 3.53. The van der Waals surface area contributed by atoms with Gasteiger partial charge in [0.2, 0.25) is 0 Å². The molecule has 1 aromatic rings. The highest BCUT2D eigenvalue weighted by Crippen LogP contribution is 2.38. The summed E-state index contributed by atoms with van der Waals surface area (Å²) in [5.41, 5.74) is 0.613. The Morgan fingerprint density at radius 1 is 1.48 bits per heavy atom. The molecule has 10 nitrogen and oxygen atoms in total. The second kappa shape index (κ2) is 7.82. The van der Waals surface area contributed by atoms with Gasteiger partial charge >= 0.3 is 13.8 Å². The minimum absolute atomic E-state index is 0.170. The molecule has 0 radical (unpaired) electrons. The van der Waals surface area contributed by atoms with Crippen molar-refractivity contribution in [1.29, 1.82) is 0 Å². The van der Waals surface area contributed by atoms with Crippen LogP contribution in [0.3, 0.4) is 0 Å². The molecule has 0 aromatic carbocycles. The SMILES string of the molecule is Cc1ncc(COP(=O)(O)O)c(CNC(C(=O)O)C(C)O)c1O. The number of hydrogen-bond donors (Lipinski definition) is 6. The van der Waals surface area contributed by atoms with Crippen molar-refractivity contribution in [3.63, 3.8) is 0 Å². The summed E-state index contributed by atoms with van der Waals surface area (Å²) in [6, 6.07) is -1.28. The first-order valence-electron chi connectivity index (χ1n) is 6.53. The lowest BCUT2D eigenvalue weighted by atomic mass is 10.1. The summed E-state index contributed by atoms with van der Waals surface area (Å²) < 4.78 is 15.2. The second-order valence-electron chi connectivity index (χ2n) is 4.90. The van der Waals surface area contributed by atoms with Crippen LogP contribution in [0, 0.1) is 6.92 Å². The molecule has 2 atom stereocenters. The van der Waals surface area contributed by atoms with E-state index in [4.69, 9.17) is 14.9 Å². The molecule has 6 N–H and O–H groups in total. The predicted octanol–water partition coefficient (Wildman–Crippen LogP) is -0.371. The van der Waals surface area contributed by atoms with Gasteiger partial charge in [0, 0.05) is 23.9 Å². The Balaban J connectivity index is 3.01. The molecular weight excluding hydrogens is 331 g/mol. The van der Waals surface area contributed by atoms with Gasteiger partial charge in [-0.2, -0.15) is 0 Å².